The van der Waals surface area contributed by atoms with Gasteiger partial charge in [0, 0.05) is 15.4 Å². The second-order valence-corrected chi connectivity index (χ2v) is 8.36. The lowest BCUT2D eigenvalue weighted by Crippen LogP contribution is -2.10. The molecular weight excluding hydrogens is 236 g/mol. The topological polar surface area (TPSA) is 0 Å². The first-order valence-corrected chi connectivity index (χ1v) is 8.58. The Kier molecular flexibility index (Phi) is 7.35. The van der Waals surface area contributed by atoms with Gasteiger partial charge in [-0.2, -0.15) is 12.6 Å². The molecule has 0 aromatic rings. The summed E-state index contributed by atoms with van der Waals surface area (Å²) >= 11 is 10.9. The molecule has 0 aromatic heterocycles. The molecule has 0 amide bonds. The highest BCUT2D eigenvalue weighted by Crippen LogP contribution is 2.39. The maximum atomic E-state index is 4.64. The van der Waals surface area contributed by atoms with Gasteiger partial charge in [0.25, 0.3) is 0 Å². The Morgan fingerprint density at radius 1 is 1.38 bits per heavy atom. The zero-order chi connectivity index (χ0) is 9.52. The molecule has 1 unspecified atom stereocenters. The first-order valence-electron chi connectivity index (χ1n) is 4.82. The molecule has 78 valence electrons. The number of thioether (sulfide) groups is 3. The summed E-state index contributed by atoms with van der Waals surface area (Å²) in [6, 6.07) is 0. The molecule has 0 radical (unpaired) electrons. The number of thiol groups is 1. The van der Waals surface area contributed by atoms with Crippen LogP contribution in [0.3, 0.4) is 0 Å². The first kappa shape index (κ1) is 12.5. The van der Waals surface area contributed by atoms with Crippen LogP contribution in [-0.2, 0) is 0 Å². The number of rotatable bonds is 5. The average molecular weight is 255 g/mol. The highest BCUT2D eigenvalue weighted by molar-refractivity contribution is 8.32. The van der Waals surface area contributed by atoms with E-state index in [0.717, 1.165) is 4.58 Å². The average Bonchev–Trinajstić information content (AvgIpc) is 2.16. The van der Waals surface area contributed by atoms with Crippen molar-refractivity contribution in [3.05, 3.63) is 0 Å². The van der Waals surface area contributed by atoms with E-state index in [1.165, 1.54) is 35.9 Å². The molecule has 1 aliphatic rings. The summed E-state index contributed by atoms with van der Waals surface area (Å²) in [4.78, 5) is 0. The summed E-state index contributed by atoms with van der Waals surface area (Å²) in [7, 11) is 0. The van der Waals surface area contributed by atoms with Gasteiger partial charge in [0.2, 0.25) is 0 Å². The van der Waals surface area contributed by atoms with Gasteiger partial charge in [-0.15, -0.1) is 35.3 Å². The van der Waals surface area contributed by atoms with Crippen molar-refractivity contribution in [2.24, 2.45) is 0 Å². The third kappa shape index (κ3) is 5.75. The van der Waals surface area contributed by atoms with E-state index in [2.05, 4.69) is 43.1 Å². The lowest BCUT2D eigenvalue weighted by Gasteiger charge is -2.23. The van der Waals surface area contributed by atoms with Gasteiger partial charge in [-0.3, -0.25) is 0 Å². The highest BCUT2D eigenvalue weighted by atomic mass is 32.3. The molecule has 0 aliphatic carbocycles. The standard InChI is InChI=1S/C9H18S4/c1-2-3-4-8(10)5-9-12-6-11-7-13-9/h8-10H,2-7H2,1H3. The predicted molar refractivity (Wildman–Crippen MR) is 73.2 cm³/mol. The molecule has 1 saturated heterocycles. The van der Waals surface area contributed by atoms with Crippen molar-refractivity contribution >= 4 is 47.9 Å². The third-order valence-corrected chi connectivity index (χ3v) is 6.87. The molecule has 0 spiro atoms. The Hall–Kier alpha value is 1.40. The van der Waals surface area contributed by atoms with Crippen LogP contribution in [0, 0.1) is 0 Å². The van der Waals surface area contributed by atoms with E-state index < -0.39 is 0 Å². The van der Waals surface area contributed by atoms with Crippen LogP contribution in [0.4, 0.5) is 0 Å². The van der Waals surface area contributed by atoms with Crippen molar-refractivity contribution in [1.82, 2.24) is 0 Å². The molecule has 1 heterocycles. The van der Waals surface area contributed by atoms with Gasteiger partial charge in [-0.1, -0.05) is 19.8 Å². The van der Waals surface area contributed by atoms with Gasteiger partial charge >= 0.3 is 0 Å². The second-order valence-electron chi connectivity index (χ2n) is 3.23. The van der Waals surface area contributed by atoms with Crippen molar-refractivity contribution in [3.63, 3.8) is 0 Å². The summed E-state index contributed by atoms with van der Waals surface area (Å²) < 4.78 is 0.820. The van der Waals surface area contributed by atoms with E-state index in [0.29, 0.717) is 5.25 Å². The van der Waals surface area contributed by atoms with Crippen LogP contribution in [0.5, 0.6) is 0 Å². The minimum absolute atomic E-state index is 0.632. The van der Waals surface area contributed by atoms with Crippen molar-refractivity contribution in [3.8, 4) is 0 Å². The number of hydrogen-bond donors (Lipinski definition) is 1. The maximum Gasteiger partial charge on any atom is 0.0529 e. The minimum atomic E-state index is 0.632. The highest BCUT2D eigenvalue weighted by Gasteiger charge is 2.17. The maximum absolute atomic E-state index is 4.64. The van der Waals surface area contributed by atoms with Crippen LogP contribution in [-0.4, -0.2) is 20.0 Å². The molecule has 0 saturated carbocycles. The molecule has 1 rings (SSSR count). The lowest BCUT2D eigenvalue weighted by molar-refractivity contribution is 0.670. The fourth-order valence-corrected chi connectivity index (χ4v) is 6.91. The molecule has 0 aromatic carbocycles. The molecule has 0 N–H and O–H groups in total. The van der Waals surface area contributed by atoms with Crippen LogP contribution in [0.2, 0.25) is 0 Å². The van der Waals surface area contributed by atoms with E-state index in [9.17, 15) is 0 Å². The molecule has 13 heavy (non-hydrogen) atoms. The van der Waals surface area contributed by atoms with E-state index in [-0.39, 0.29) is 0 Å². The normalized spacial score (nSPS) is 21.7. The summed E-state index contributed by atoms with van der Waals surface area (Å²) in [6.07, 6.45) is 5.23. The van der Waals surface area contributed by atoms with E-state index in [4.69, 9.17) is 0 Å². The second kappa shape index (κ2) is 7.66. The van der Waals surface area contributed by atoms with Gasteiger partial charge in [0.15, 0.2) is 0 Å². The van der Waals surface area contributed by atoms with Crippen molar-refractivity contribution in [2.75, 3.05) is 10.2 Å². The Morgan fingerprint density at radius 3 is 2.69 bits per heavy atom. The number of hydrogen-bond acceptors (Lipinski definition) is 4. The molecule has 1 fully saturated rings. The fraction of sp³-hybridized carbons (Fsp3) is 1.00. The monoisotopic (exact) mass is 254 g/mol. The van der Waals surface area contributed by atoms with Crippen LogP contribution in [0.25, 0.3) is 0 Å². The zero-order valence-corrected chi connectivity index (χ0v) is 11.4. The summed E-state index contributed by atoms with van der Waals surface area (Å²) in [5.41, 5.74) is 0. The van der Waals surface area contributed by atoms with Crippen molar-refractivity contribution in [2.45, 2.75) is 42.4 Å². The molecule has 1 atom stereocenters. The third-order valence-electron chi connectivity index (χ3n) is 2.03. The molecular formula is C9H18S4. The van der Waals surface area contributed by atoms with Gasteiger partial charge in [-0.25, -0.2) is 0 Å². The van der Waals surface area contributed by atoms with E-state index >= 15 is 0 Å². The van der Waals surface area contributed by atoms with Crippen molar-refractivity contribution < 1.29 is 0 Å². The van der Waals surface area contributed by atoms with Gasteiger partial charge in [0.1, 0.15) is 0 Å². The smallest absolute Gasteiger partial charge is 0.0529 e. The predicted octanol–water partition coefficient (Wildman–Crippen LogP) is 4.32. The fourth-order valence-electron chi connectivity index (χ4n) is 1.25. The Morgan fingerprint density at radius 2 is 2.08 bits per heavy atom. The molecule has 1 aliphatic heterocycles. The first-order chi connectivity index (χ1) is 6.33. The zero-order valence-electron chi connectivity index (χ0n) is 8.07. The quantitative estimate of drug-likeness (QED) is 0.726. The SMILES string of the molecule is CCCCC(S)CC1SCSCS1. The summed E-state index contributed by atoms with van der Waals surface area (Å²) in [6.45, 7) is 2.25. The van der Waals surface area contributed by atoms with Crippen LogP contribution in [0.1, 0.15) is 32.6 Å². The molecule has 0 bridgehead atoms. The van der Waals surface area contributed by atoms with Crippen molar-refractivity contribution in [1.29, 1.82) is 0 Å². The van der Waals surface area contributed by atoms with E-state index in [1.54, 1.807) is 0 Å². The lowest BCUT2D eigenvalue weighted by atomic mass is 10.2. The Bertz CT molecular complexity index is 123. The van der Waals surface area contributed by atoms with Crippen LogP contribution < -0.4 is 0 Å². The summed E-state index contributed by atoms with van der Waals surface area (Å²) in [5, 5.41) is 3.20. The number of unbranched alkanes of at least 4 members (excludes halogenated alkanes) is 1. The summed E-state index contributed by atoms with van der Waals surface area (Å²) in [5.74, 6) is 0. The van der Waals surface area contributed by atoms with E-state index in [1.807, 2.05) is 11.8 Å². The van der Waals surface area contributed by atoms with Gasteiger partial charge in [0.05, 0.1) is 4.58 Å². The largest absolute Gasteiger partial charge is 0.176 e. The van der Waals surface area contributed by atoms with Gasteiger partial charge < -0.3 is 0 Å². The Balaban J connectivity index is 2.07. The minimum Gasteiger partial charge on any atom is -0.176 e. The molecule has 4 heteroatoms. The van der Waals surface area contributed by atoms with Crippen LogP contribution in [0.15, 0.2) is 0 Å². The van der Waals surface area contributed by atoms with Crippen LogP contribution >= 0.6 is 47.9 Å². The molecule has 0 nitrogen and oxygen atoms in total. The Labute approximate surface area is 100 Å². The van der Waals surface area contributed by atoms with Gasteiger partial charge in [-0.05, 0) is 12.8 Å².